The zero-order valence-corrected chi connectivity index (χ0v) is 33.3. The van der Waals surface area contributed by atoms with E-state index in [4.69, 9.17) is 18.8 Å². The molecule has 0 aliphatic carbocycles. The second-order valence-electron chi connectivity index (χ2n) is 16.1. The predicted molar refractivity (Wildman–Crippen MR) is 256 cm³/mol. The topological polar surface area (TPSA) is 63.0 Å². The molecule has 0 radical (unpaired) electrons. The molecule has 5 heteroatoms. The molecule has 1 atom stereocenters. The highest BCUT2D eigenvalue weighted by Crippen LogP contribution is 2.39. The molecule has 0 amide bonds. The first kappa shape index (κ1) is 34.6. The van der Waals surface area contributed by atoms with E-state index in [0.29, 0.717) is 5.84 Å². The summed E-state index contributed by atoms with van der Waals surface area (Å²) in [4.78, 5) is 10.2. The third-order valence-electron chi connectivity index (χ3n) is 12.5. The van der Waals surface area contributed by atoms with Gasteiger partial charge in [0.05, 0.1) is 0 Å². The maximum Gasteiger partial charge on any atom is 0.159 e. The molecule has 5 nitrogen and oxygen atoms in total. The van der Waals surface area contributed by atoms with E-state index in [0.717, 1.165) is 77.5 Å². The fourth-order valence-electron chi connectivity index (χ4n) is 9.47. The van der Waals surface area contributed by atoms with Crippen LogP contribution in [0.25, 0.3) is 98.4 Å². The van der Waals surface area contributed by atoms with Crippen molar-refractivity contribution < 1.29 is 8.83 Å². The van der Waals surface area contributed by atoms with Crippen molar-refractivity contribution in [2.75, 3.05) is 0 Å². The van der Waals surface area contributed by atoms with Gasteiger partial charge in [-0.15, -0.1) is 0 Å². The summed E-state index contributed by atoms with van der Waals surface area (Å²) in [6.07, 6.45) is -0.330. The van der Waals surface area contributed by atoms with E-state index < -0.39 is 0 Å². The Hall–Kier alpha value is -8.28. The molecule has 10 aromatic carbocycles. The highest BCUT2D eigenvalue weighted by molar-refractivity contribution is 6.26. The van der Waals surface area contributed by atoms with Crippen LogP contribution >= 0.6 is 0 Å². The number of hydrogen-bond acceptors (Lipinski definition) is 5. The highest BCUT2D eigenvalue weighted by Gasteiger charge is 2.23. The van der Waals surface area contributed by atoms with Crippen molar-refractivity contribution >= 4 is 87.9 Å². The fourth-order valence-corrected chi connectivity index (χ4v) is 9.47. The van der Waals surface area contributed by atoms with Gasteiger partial charge >= 0.3 is 0 Å². The third-order valence-corrected chi connectivity index (χ3v) is 12.5. The van der Waals surface area contributed by atoms with E-state index in [2.05, 4.69) is 163 Å². The average Bonchev–Trinajstić information content (AvgIpc) is 3.91. The van der Waals surface area contributed by atoms with Gasteiger partial charge in [0.2, 0.25) is 0 Å². The van der Waals surface area contributed by atoms with Crippen molar-refractivity contribution in [2.24, 2.45) is 9.98 Å². The molecule has 290 valence electrons. The summed E-state index contributed by atoms with van der Waals surface area (Å²) in [6, 6.07) is 70.7. The minimum absolute atomic E-state index is 0.330. The Morgan fingerprint density at radius 2 is 0.806 bits per heavy atom. The average molecular weight is 794 g/mol. The summed E-state index contributed by atoms with van der Waals surface area (Å²) < 4.78 is 12.8. The largest absolute Gasteiger partial charge is 0.456 e. The van der Waals surface area contributed by atoms with E-state index in [1.807, 2.05) is 42.5 Å². The van der Waals surface area contributed by atoms with E-state index >= 15 is 0 Å². The van der Waals surface area contributed by atoms with Crippen LogP contribution in [0, 0.1) is 0 Å². The molecule has 0 bridgehead atoms. The third kappa shape index (κ3) is 5.56. The second kappa shape index (κ2) is 13.6. The lowest BCUT2D eigenvalue weighted by atomic mass is 9.91. The normalized spacial score (nSPS) is 14.3. The van der Waals surface area contributed by atoms with Crippen LogP contribution < -0.4 is 5.32 Å². The van der Waals surface area contributed by atoms with Gasteiger partial charge in [-0.2, -0.15) is 0 Å². The van der Waals surface area contributed by atoms with Crippen molar-refractivity contribution in [2.45, 2.75) is 6.17 Å². The quantitative estimate of drug-likeness (QED) is 0.177. The Balaban J connectivity index is 0.863. The summed E-state index contributed by atoms with van der Waals surface area (Å²) in [5, 5.41) is 15.6. The maximum atomic E-state index is 6.55. The lowest BCUT2D eigenvalue weighted by Crippen LogP contribution is -2.33. The fraction of sp³-hybridized carbons (Fsp3) is 0.0175. The summed E-state index contributed by atoms with van der Waals surface area (Å²) in [5.74, 6) is 1.36. The molecule has 0 fully saturated rings. The minimum atomic E-state index is -0.330. The molecule has 62 heavy (non-hydrogen) atoms. The van der Waals surface area contributed by atoms with Crippen molar-refractivity contribution in [1.29, 1.82) is 0 Å². The predicted octanol–water partition coefficient (Wildman–Crippen LogP) is 14.8. The molecule has 13 rings (SSSR count). The Bertz CT molecular complexity index is 3820. The van der Waals surface area contributed by atoms with E-state index in [-0.39, 0.29) is 6.17 Å². The number of fused-ring (bicyclic) bond motifs is 12. The van der Waals surface area contributed by atoms with Gasteiger partial charge < -0.3 is 14.2 Å². The molecule has 3 heterocycles. The number of amidine groups is 2. The number of aliphatic imine (C=N–C) groups is 2. The number of hydrogen-bond donors (Lipinski definition) is 1. The van der Waals surface area contributed by atoms with Crippen LogP contribution in [-0.2, 0) is 0 Å². The Labute approximate surface area is 355 Å². The van der Waals surface area contributed by atoms with E-state index in [9.17, 15) is 0 Å². The first-order valence-corrected chi connectivity index (χ1v) is 21.0. The lowest BCUT2D eigenvalue weighted by molar-refractivity contribution is 0.666. The van der Waals surface area contributed by atoms with Crippen LogP contribution in [-0.4, -0.2) is 11.7 Å². The van der Waals surface area contributed by atoms with Gasteiger partial charge in [0.15, 0.2) is 5.84 Å². The number of benzene rings is 10. The van der Waals surface area contributed by atoms with Crippen molar-refractivity contribution in [3.63, 3.8) is 0 Å². The monoisotopic (exact) mass is 793 g/mol. The zero-order valence-electron chi connectivity index (χ0n) is 33.3. The van der Waals surface area contributed by atoms with Crippen LogP contribution in [0.5, 0.6) is 0 Å². The Morgan fingerprint density at radius 3 is 1.53 bits per heavy atom. The van der Waals surface area contributed by atoms with Crippen LogP contribution in [0.3, 0.4) is 0 Å². The lowest BCUT2D eigenvalue weighted by Gasteiger charge is -2.23. The standard InChI is InChI=1S/C57H35N3O2/c1-2-11-34(12-3-1)55-58-56(39-22-26-47-46-19-8-9-20-51(46)61-53(47)32-39)60-57(59-55)40-23-27-48-50-31-38(24-28-52(50)62-54(48)33-40)36-14-10-13-35(29-36)37-21-25-45-43-17-5-4-15-41(43)42-16-6-7-18-44(42)49(45)30-37/h1-33,55H,(H,58,59,60). The van der Waals surface area contributed by atoms with Gasteiger partial charge in [-0.05, 0) is 115 Å². The second-order valence-corrected chi connectivity index (χ2v) is 16.1. The van der Waals surface area contributed by atoms with Gasteiger partial charge in [-0.3, -0.25) is 0 Å². The van der Waals surface area contributed by atoms with Crippen LogP contribution in [0.4, 0.5) is 0 Å². The van der Waals surface area contributed by atoms with Crippen molar-refractivity contribution in [3.8, 4) is 22.3 Å². The van der Waals surface area contributed by atoms with Crippen LogP contribution in [0.15, 0.2) is 219 Å². The van der Waals surface area contributed by atoms with Crippen LogP contribution in [0.2, 0.25) is 0 Å². The SMILES string of the molecule is c1ccc(C2N=C(c3ccc4c(c3)oc3ccccc34)N=C(c3ccc4c(c3)oc3ccc(-c5cccc(-c6ccc7c8ccccc8c8ccccc8c7c6)c5)cc34)N2)cc1. The van der Waals surface area contributed by atoms with Crippen LogP contribution in [0.1, 0.15) is 22.9 Å². The number of nitrogens with one attached hydrogen (secondary N) is 1. The Morgan fingerprint density at radius 1 is 0.323 bits per heavy atom. The van der Waals surface area contributed by atoms with E-state index in [1.165, 1.54) is 43.4 Å². The molecule has 1 unspecified atom stereocenters. The summed E-state index contributed by atoms with van der Waals surface area (Å²) in [6.45, 7) is 0. The first-order chi connectivity index (χ1) is 30.7. The summed E-state index contributed by atoms with van der Waals surface area (Å²) >= 11 is 0. The molecular weight excluding hydrogens is 759 g/mol. The molecular formula is C57H35N3O2. The molecule has 1 aliphatic heterocycles. The number of rotatable bonds is 5. The number of nitrogens with zero attached hydrogens (tertiary/aromatic N) is 2. The van der Waals surface area contributed by atoms with Gasteiger partial charge in [0.25, 0.3) is 0 Å². The van der Waals surface area contributed by atoms with Gasteiger partial charge in [0.1, 0.15) is 34.3 Å². The zero-order chi connectivity index (χ0) is 40.7. The van der Waals surface area contributed by atoms with Crippen molar-refractivity contribution in [1.82, 2.24) is 5.32 Å². The molecule has 1 N–H and O–H groups in total. The molecule has 1 aliphatic rings. The van der Waals surface area contributed by atoms with Gasteiger partial charge in [0, 0.05) is 32.7 Å². The number of furan rings is 2. The first-order valence-electron chi connectivity index (χ1n) is 21.0. The van der Waals surface area contributed by atoms with Gasteiger partial charge in [-0.1, -0.05) is 146 Å². The highest BCUT2D eigenvalue weighted by atomic mass is 16.3. The maximum absolute atomic E-state index is 6.55. The van der Waals surface area contributed by atoms with E-state index in [1.54, 1.807) is 0 Å². The molecule has 2 aromatic heterocycles. The smallest absolute Gasteiger partial charge is 0.159 e. The van der Waals surface area contributed by atoms with Crippen molar-refractivity contribution in [3.05, 3.63) is 217 Å². The van der Waals surface area contributed by atoms with Gasteiger partial charge in [-0.25, -0.2) is 9.98 Å². The molecule has 0 saturated carbocycles. The Kier molecular flexibility index (Phi) is 7.60. The number of para-hydroxylation sites is 1. The summed E-state index contributed by atoms with van der Waals surface area (Å²) in [7, 11) is 0. The summed E-state index contributed by atoms with van der Waals surface area (Å²) in [5.41, 5.74) is 10.8. The minimum Gasteiger partial charge on any atom is -0.456 e. The molecule has 0 saturated heterocycles. The molecule has 0 spiro atoms. The molecule has 12 aromatic rings.